The molecule has 0 fully saturated rings. The Hall–Kier alpha value is -2.45. The molecule has 1 aromatic carbocycles. The van der Waals surface area contributed by atoms with E-state index in [0.29, 0.717) is 5.52 Å². The standard InChI is InChI=1S/C16H17N3O4S/c1-12(13-7-4-3-5-8-13)19-15(11-23-24(2,21)22)17-18-10-6-9-14(18)16(19)20/h3-10,12H,11H2,1-2H3/t12-/m0/s1. The summed E-state index contributed by atoms with van der Waals surface area (Å²) in [5.41, 5.74) is 1.08. The first-order valence-corrected chi connectivity index (χ1v) is 9.16. The summed E-state index contributed by atoms with van der Waals surface area (Å²) in [6.07, 6.45) is 2.60. The molecule has 0 bridgehead atoms. The van der Waals surface area contributed by atoms with Crippen molar-refractivity contribution in [1.82, 2.24) is 14.2 Å². The van der Waals surface area contributed by atoms with E-state index in [4.69, 9.17) is 4.18 Å². The third-order valence-corrected chi connectivity index (χ3v) is 4.28. The molecular weight excluding hydrogens is 330 g/mol. The monoisotopic (exact) mass is 347 g/mol. The van der Waals surface area contributed by atoms with E-state index in [-0.39, 0.29) is 24.0 Å². The van der Waals surface area contributed by atoms with E-state index in [0.717, 1.165) is 11.8 Å². The van der Waals surface area contributed by atoms with E-state index in [2.05, 4.69) is 5.10 Å². The van der Waals surface area contributed by atoms with Gasteiger partial charge in [-0.1, -0.05) is 30.3 Å². The number of fused-ring (bicyclic) bond motifs is 1. The van der Waals surface area contributed by atoms with Crippen LogP contribution in [0.3, 0.4) is 0 Å². The SMILES string of the molecule is C[C@@H](c1ccccc1)n1c(COS(C)(=O)=O)nn2cccc2c1=O. The van der Waals surface area contributed by atoms with E-state index in [9.17, 15) is 13.2 Å². The maximum absolute atomic E-state index is 12.8. The van der Waals surface area contributed by atoms with Gasteiger partial charge < -0.3 is 0 Å². The van der Waals surface area contributed by atoms with E-state index >= 15 is 0 Å². The minimum atomic E-state index is -3.65. The van der Waals surface area contributed by atoms with Gasteiger partial charge in [-0.15, -0.1) is 0 Å². The molecule has 0 unspecified atom stereocenters. The lowest BCUT2D eigenvalue weighted by molar-refractivity contribution is 0.287. The van der Waals surface area contributed by atoms with Crippen LogP contribution in [0.2, 0.25) is 0 Å². The van der Waals surface area contributed by atoms with Crippen LogP contribution in [0.1, 0.15) is 24.4 Å². The molecule has 3 rings (SSSR count). The Morgan fingerprint density at radius 3 is 2.54 bits per heavy atom. The fourth-order valence-corrected chi connectivity index (χ4v) is 2.90. The van der Waals surface area contributed by atoms with Crippen LogP contribution in [0.4, 0.5) is 0 Å². The number of hydrogen-bond acceptors (Lipinski definition) is 5. The molecule has 0 N–H and O–H groups in total. The molecule has 0 spiro atoms. The van der Waals surface area contributed by atoms with Crippen LogP contribution in [0, 0.1) is 0 Å². The largest absolute Gasteiger partial charge is 0.284 e. The van der Waals surface area contributed by atoms with Crippen molar-refractivity contribution in [3.63, 3.8) is 0 Å². The average Bonchev–Trinajstić information content (AvgIpc) is 3.01. The minimum absolute atomic E-state index is 0.241. The summed E-state index contributed by atoms with van der Waals surface area (Å²) >= 11 is 0. The highest BCUT2D eigenvalue weighted by Crippen LogP contribution is 2.18. The summed E-state index contributed by atoms with van der Waals surface area (Å²) in [5, 5.41) is 4.34. The van der Waals surface area contributed by atoms with Gasteiger partial charge in [-0.05, 0) is 24.6 Å². The quantitative estimate of drug-likeness (QED) is 0.655. The van der Waals surface area contributed by atoms with Crippen LogP contribution < -0.4 is 5.56 Å². The molecular formula is C16H17N3O4S. The maximum atomic E-state index is 12.8. The molecule has 7 nitrogen and oxygen atoms in total. The van der Waals surface area contributed by atoms with Crippen molar-refractivity contribution in [1.29, 1.82) is 0 Å². The molecule has 0 radical (unpaired) electrons. The summed E-state index contributed by atoms with van der Waals surface area (Å²) < 4.78 is 30.4. The fourth-order valence-electron chi connectivity index (χ4n) is 2.58. The van der Waals surface area contributed by atoms with Gasteiger partial charge in [0, 0.05) is 6.20 Å². The number of nitrogens with zero attached hydrogens (tertiary/aromatic N) is 3. The zero-order valence-corrected chi connectivity index (χ0v) is 14.1. The molecule has 0 aliphatic rings. The smallest absolute Gasteiger partial charge is 0.278 e. The highest BCUT2D eigenvalue weighted by molar-refractivity contribution is 7.85. The highest BCUT2D eigenvalue weighted by atomic mass is 32.2. The molecule has 0 saturated carbocycles. The van der Waals surface area contributed by atoms with Crippen LogP contribution >= 0.6 is 0 Å². The molecule has 2 heterocycles. The van der Waals surface area contributed by atoms with Gasteiger partial charge in [0.2, 0.25) is 0 Å². The average molecular weight is 347 g/mol. The summed E-state index contributed by atoms with van der Waals surface area (Å²) in [5.74, 6) is 0.241. The highest BCUT2D eigenvalue weighted by Gasteiger charge is 2.19. The maximum Gasteiger partial charge on any atom is 0.278 e. The van der Waals surface area contributed by atoms with E-state index in [1.165, 1.54) is 9.08 Å². The van der Waals surface area contributed by atoms with Gasteiger partial charge in [0.15, 0.2) is 5.82 Å². The van der Waals surface area contributed by atoms with Gasteiger partial charge in [0.25, 0.3) is 15.7 Å². The van der Waals surface area contributed by atoms with Crippen molar-refractivity contribution in [3.8, 4) is 0 Å². The second-order valence-electron chi connectivity index (χ2n) is 5.48. The Kier molecular flexibility index (Phi) is 4.25. The Balaban J connectivity index is 2.16. The fraction of sp³-hybridized carbons (Fsp3) is 0.250. The molecule has 126 valence electrons. The third kappa shape index (κ3) is 3.24. The van der Waals surface area contributed by atoms with E-state index < -0.39 is 10.1 Å². The van der Waals surface area contributed by atoms with Gasteiger partial charge in [-0.2, -0.15) is 13.5 Å². The van der Waals surface area contributed by atoms with Crippen molar-refractivity contribution in [2.24, 2.45) is 0 Å². The predicted octanol–water partition coefficient (Wildman–Crippen LogP) is 1.58. The molecule has 3 aromatic rings. The molecule has 0 aliphatic heterocycles. The second-order valence-corrected chi connectivity index (χ2v) is 7.13. The van der Waals surface area contributed by atoms with Gasteiger partial charge in [-0.3, -0.25) is 13.5 Å². The number of aromatic nitrogens is 3. The lowest BCUT2D eigenvalue weighted by Crippen LogP contribution is -2.31. The summed E-state index contributed by atoms with van der Waals surface area (Å²) in [6.45, 7) is 1.56. The molecule has 24 heavy (non-hydrogen) atoms. The number of benzene rings is 1. The van der Waals surface area contributed by atoms with E-state index in [1.54, 1.807) is 18.3 Å². The molecule has 1 atom stereocenters. The Bertz CT molecular complexity index is 1020. The van der Waals surface area contributed by atoms with Crippen LogP contribution in [0.15, 0.2) is 53.5 Å². The van der Waals surface area contributed by atoms with Crippen LogP contribution in [0.5, 0.6) is 0 Å². The zero-order valence-electron chi connectivity index (χ0n) is 13.3. The normalized spacial score (nSPS) is 13.2. The summed E-state index contributed by atoms with van der Waals surface area (Å²) in [7, 11) is -3.65. The molecule has 0 aliphatic carbocycles. The molecule has 0 amide bonds. The number of rotatable bonds is 5. The van der Waals surface area contributed by atoms with E-state index in [1.807, 2.05) is 37.3 Å². The van der Waals surface area contributed by atoms with Gasteiger partial charge in [0.1, 0.15) is 12.1 Å². The second kappa shape index (κ2) is 6.21. The third-order valence-electron chi connectivity index (χ3n) is 3.74. The molecule has 2 aromatic heterocycles. The molecule has 0 saturated heterocycles. The predicted molar refractivity (Wildman–Crippen MR) is 89.3 cm³/mol. The van der Waals surface area contributed by atoms with Crippen LogP contribution in [-0.4, -0.2) is 28.9 Å². The first-order valence-electron chi connectivity index (χ1n) is 7.35. The van der Waals surface area contributed by atoms with Gasteiger partial charge in [0.05, 0.1) is 12.3 Å². The molecule has 8 heteroatoms. The van der Waals surface area contributed by atoms with Crippen molar-refractivity contribution in [3.05, 3.63) is 70.4 Å². The van der Waals surface area contributed by atoms with Gasteiger partial charge >= 0.3 is 0 Å². The lowest BCUT2D eigenvalue weighted by Gasteiger charge is -2.19. The Labute approximate surface area is 139 Å². The summed E-state index contributed by atoms with van der Waals surface area (Å²) in [4.78, 5) is 12.8. The number of hydrogen-bond donors (Lipinski definition) is 0. The Morgan fingerprint density at radius 1 is 1.17 bits per heavy atom. The van der Waals surface area contributed by atoms with Gasteiger partial charge in [-0.25, -0.2) is 4.52 Å². The lowest BCUT2D eigenvalue weighted by atomic mass is 10.1. The van der Waals surface area contributed by atoms with Crippen molar-refractivity contribution in [2.45, 2.75) is 19.6 Å². The summed E-state index contributed by atoms with van der Waals surface area (Å²) in [6, 6.07) is 12.5. The zero-order chi connectivity index (χ0) is 17.3. The topological polar surface area (TPSA) is 82.7 Å². The Morgan fingerprint density at radius 2 is 1.88 bits per heavy atom. The van der Waals surface area contributed by atoms with Crippen LogP contribution in [0.25, 0.3) is 5.52 Å². The minimum Gasteiger partial charge on any atom is -0.284 e. The first-order chi connectivity index (χ1) is 11.4. The van der Waals surface area contributed by atoms with Crippen LogP contribution in [-0.2, 0) is 20.9 Å². The van der Waals surface area contributed by atoms with Crippen molar-refractivity contribution < 1.29 is 12.6 Å². The first kappa shape index (κ1) is 16.4. The van der Waals surface area contributed by atoms with Crippen molar-refractivity contribution >= 4 is 15.6 Å². The van der Waals surface area contributed by atoms with Crippen molar-refractivity contribution in [2.75, 3.05) is 6.26 Å².